The van der Waals surface area contributed by atoms with Gasteiger partial charge in [0.15, 0.2) is 0 Å². The Kier molecular flexibility index (Phi) is 5.88. The molecule has 0 radical (unpaired) electrons. The van der Waals surface area contributed by atoms with Gasteiger partial charge in [0, 0.05) is 54.7 Å². The van der Waals surface area contributed by atoms with Crippen molar-refractivity contribution in [2.75, 3.05) is 0 Å². The fourth-order valence-corrected chi connectivity index (χ4v) is 10.1. The highest BCUT2D eigenvalue weighted by molar-refractivity contribution is 6.16. The quantitative estimate of drug-likeness (QED) is 0.173. The molecule has 5 aromatic heterocycles. The average Bonchev–Trinajstić information content (AvgIpc) is 4.17. The molecule has 0 spiro atoms. The number of para-hydroxylation sites is 7. The van der Waals surface area contributed by atoms with Gasteiger partial charge in [-0.15, -0.1) is 0 Å². The minimum absolute atomic E-state index is 0.159. The van der Waals surface area contributed by atoms with Gasteiger partial charge in [-0.05, 0) is 71.7 Å². The van der Waals surface area contributed by atoms with E-state index in [1.165, 1.54) is 0 Å². The maximum Gasteiger partial charge on any atom is 0.140 e. The molecule has 0 aliphatic carbocycles. The lowest BCUT2D eigenvalue weighted by atomic mass is 9.92. The molecule has 14 rings (SSSR count). The van der Waals surface area contributed by atoms with Crippen LogP contribution >= 0.6 is 0 Å². The van der Waals surface area contributed by atoms with Crippen molar-refractivity contribution < 1.29 is 15.4 Å². The maximum atomic E-state index is 9.50. The molecule has 298 valence electrons. The van der Waals surface area contributed by atoms with Crippen LogP contribution < -0.4 is 0 Å². The third-order valence-corrected chi connectivity index (χ3v) is 12.7. The van der Waals surface area contributed by atoms with E-state index in [-0.39, 0.29) is 59.4 Å². The molecule has 5 nitrogen and oxygen atoms in total. The molecule has 64 heavy (non-hydrogen) atoms. The van der Waals surface area contributed by atoms with Crippen LogP contribution in [0, 0.1) is 0 Å². The molecule has 0 N–H and O–H groups in total. The third kappa shape index (κ3) is 4.92. The van der Waals surface area contributed by atoms with Crippen LogP contribution in [0.1, 0.15) is 11.0 Å². The fraction of sp³-hybridized carbons (Fsp3) is 0. The zero-order valence-corrected chi connectivity index (χ0v) is 33.9. The molecule has 0 unspecified atom stereocenters. The van der Waals surface area contributed by atoms with Gasteiger partial charge in [-0.1, -0.05) is 152 Å². The van der Waals surface area contributed by atoms with Gasteiger partial charge < -0.3 is 13.6 Å². The predicted octanol–water partition coefficient (Wildman–Crippen LogP) is 15.6. The lowest BCUT2D eigenvalue weighted by Gasteiger charge is -2.20. The van der Waals surface area contributed by atoms with Crippen molar-refractivity contribution in [3.05, 3.63) is 218 Å². The number of fused-ring (bicyclic) bond motifs is 12. The number of nitrogens with zero attached hydrogens (tertiary/aromatic N) is 4. The molecule has 14 aromatic rings. The number of benzene rings is 9. The monoisotopic (exact) mass is 824 g/mol. The zero-order chi connectivity index (χ0) is 48.8. The third-order valence-electron chi connectivity index (χ3n) is 12.7. The van der Waals surface area contributed by atoms with Crippen molar-refractivity contribution >= 4 is 87.4 Å². The Morgan fingerprint density at radius 3 is 1.56 bits per heavy atom. The van der Waals surface area contributed by atoms with E-state index in [1.807, 2.05) is 120 Å². The van der Waals surface area contributed by atoms with Gasteiger partial charge in [0.2, 0.25) is 0 Å². The number of hydrogen-bond acceptors (Lipinski definition) is 2. The minimum atomic E-state index is -0.384. The number of aromatic nitrogens is 4. The summed E-state index contributed by atoms with van der Waals surface area (Å²) >= 11 is 0. The number of hydrogen-bond donors (Lipinski definition) is 0. The molecule has 5 heteroatoms. The summed E-state index contributed by atoms with van der Waals surface area (Å²) in [6.07, 6.45) is 0. The Morgan fingerprint density at radius 1 is 0.391 bits per heavy atom. The van der Waals surface area contributed by atoms with Gasteiger partial charge >= 0.3 is 0 Å². The van der Waals surface area contributed by atoms with E-state index >= 15 is 0 Å². The lowest BCUT2D eigenvalue weighted by molar-refractivity contribution is 0.669. The summed E-state index contributed by atoms with van der Waals surface area (Å²) in [5.41, 5.74) is 9.40. The van der Waals surface area contributed by atoms with E-state index in [4.69, 9.17) is 14.9 Å². The molecule has 0 atom stereocenters. The molecular formula is C59H36N4O. The van der Waals surface area contributed by atoms with Crippen molar-refractivity contribution in [1.82, 2.24) is 18.7 Å². The van der Waals surface area contributed by atoms with E-state index < -0.39 is 0 Å². The zero-order valence-electron chi connectivity index (χ0n) is 41.9. The van der Waals surface area contributed by atoms with Crippen LogP contribution in [0.25, 0.3) is 127 Å². The summed E-state index contributed by atoms with van der Waals surface area (Å²) in [5, 5.41) is 5.95. The highest BCUT2D eigenvalue weighted by Gasteiger charge is 2.25. The first kappa shape index (κ1) is 28.0. The first-order valence-corrected chi connectivity index (χ1v) is 21.1. The van der Waals surface area contributed by atoms with Crippen LogP contribution in [-0.4, -0.2) is 18.7 Å². The van der Waals surface area contributed by atoms with E-state index in [9.17, 15) is 5.48 Å². The lowest BCUT2D eigenvalue weighted by Crippen LogP contribution is -2.06. The maximum absolute atomic E-state index is 9.50. The summed E-state index contributed by atoms with van der Waals surface area (Å²) in [6, 6.07) is 53.5. The van der Waals surface area contributed by atoms with Crippen LogP contribution in [0.2, 0.25) is 0 Å². The Labute approximate surface area is 378 Å². The number of rotatable bonds is 5. The highest BCUT2D eigenvalue weighted by atomic mass is 16.3. The van der Waals surface area contributed by atoms with Crippen molar-refractivity contribution in [3.63, 3.8) is 0 Å². The van der Waals surface area contributed by atoms with Crippen LogP contribution in [-0.2, 0) is 0 Å². The molecule has 0 amide bonds. The molecule has 0 aliphatic heterocycles. The van der Waals surface area contributed by atoms with Crippen molar-refractivity contribution in [3.8, 4) is 39.6 Å². The van der Waals surface area contributed by atoms with Crippen LogP contribution in [0.4, 0.5) is 0 Å². The van der Waals surface area contributed by atoms with Crippen LogP contribution in [0.3, 0.4) is 0 Å². The van der Waals surface area contributed by atoms with E-state index in [0.29, 0.717) is 55.4 Å². The summed E-state index contributed by atoms with van der Waals surface area (Å²) in [5.74, 6) is 0.320. The van der Waals surface area contributed by atoms with Gasteiger partial charge in [0.05, 0.1) is 61.1 Å². The summed E-state index contributed by atoms with van der Waals surface area (Å²) in [7, 11) is 0. The second-order valence-corrected chi connectivity index (χ2v) is 16.1. The highest BCUT2D eigenvalue weighted by Crippen LogP contribution is 2.46. The first-order chi connectivity index (χ1) is 35.1. The van der Waals surface area contributed by atoms with Gasteiger partial charge in [-0.3, -0.25) is 4.57 Å². The molecule has 0 saturated heterocycles. The van der Waals surface area contributed by atoms with Crippen molar-refractivity contribution in [1.29, 1.82) is 0 Å². The molecular weight excluding hydrogens is 781 g/mol. The van der Waals surface area contributed by atoms with Crippen molar-refractivity contribution in [2.45, 2.75) is 0 Å². The molecule has 0 saturated carbocycles. The second-order valence-electron chi connectivity index (χ2n) is 16.1. The molecule has 5 heterocycles. The van der Waals surface area contributed by atoms with Crippen LogP contribution in [0.15, 0.2) is 223 Å². The van der Waals surface area contributed by atoms with E-state index in [0.717, 1.165) is 60.5 Å². The average molecular weight is 825 g/mol. The Hall–Kier alpha value is -8.67. The largest absolute Gasteiger partial charge is 0.456 e. The van der Waals surface area contributed by atoms with E-state index in [1.54, 1.807) is 4.57 Å². The summed E-state index contributed by atoms with van der Waals surface area (Å²) < 4.78 is 85.4. The Morgan fingerprint density at radius 2 is 0.891 bits per heavy atom. The number of pyridine rings is 1. The SMILES string of the molecule is [2H]c1c([2H])c([2H])c2c(c1[2H])c1ccccc1n2-c1cc(-c2c(-c3cccc4oc5ccccc5c34)cccc2-n2c3ccccc3c3ccccc32)nc(-n2c3ccccc3c3c([2H])c([2H])c([2H])c([2H])c32)c1. The molecule has 0 bridgehead atoms. The van der Waals surface area contributed by atoms with E-state index in [2.05, 4.69) is 59.2 Å². The predicted molar refractivity (Wildman–Crippen MR) is 265 cm³/mol. The smallest absolute Gasteiger partial charge is 0.140 e. The van der Waals surface area contributed by atoms with Crippen molar-refractivity contribution in [2.24, 2.45) is 0 Å². The Bertz CT molecular complexity index is 4490. The van der Waals surface area contributed by atoms with Gasteiger partial charge in [-0.25, -0.2) is 4.98 Å². The molecule has 0 fully saturated rings. The van der Waals surface area contributed by atoms with Gasteiger partial charge in [0.25, 0.3) is 0 Å². The Balaban J connectivity index is 1.21. The molecule has 0 aliphatic rings. The summed E-state index contributed by atoms with van der Waals surface area (Å²) in [6.45, 7) is 0. The molecule has 9 aromatic carbocycles. The minimum Gasteiger partial charge on any atom is -0.456 e. The van der Waals surface area contributed by atoms with Crippen LogP contribution in [0.5, 0.6) is 0 Å². The first-order valence-electron chi connectivity index (χ1n) is 25.1. The fourth-order valence-electron chi connectivity index (χ4n) is 10.1. The number of furan rings is 1. The standard InChI is InChI=1S/C59H36N4O/c1-8-26-48-38(17-1)39-18-2-9-27-49(39)61(48)37-35-47(60-57(36-37)63-52-30-12-5-21-42(52)43-22-6-13-31-53(43)63)59-45(44-25-16-34-56-58(44)46-23-7-14-33-55(46)64-56)24-15-32-54(59)62-50-28-10-3-19-40(50)41-20-4-11-29-51(41)62/h1-36H/i1D,5D,8D,12D,17D,21D,26D,30D. The summed E-state index contributed by atoms with van der Waals surface area (Å²) in [4.78, 5) is 5.67. The topological polar surface area (TPSA) is 40.8 Å². The second kappa shape index (κ2) is 13.4. The normalized spacial score (nSPS) is 13.8. The van der Waals surface area contributed by atoms with Gasteiger partial charge in [0.1, 0.15) is 17.0 Å². The van der Waals surface area contributed by atoms with Gasteiger partial charge in [-0.2, -0.15) is 0 Å².